The molecule has 0 heterocycles. The molecule has 0 aromatic rings. The summed E-state index contributed by atoms with van der Waals surface area (Å²) < 4.78 is 0. The molecule has 11 atom stereocenters. The van der Waals surface area contributed by atoms with Crippen molar-refractivity contribution in [2.45, 2.75) is 90.4 Å². The van der Waals surface area contributed by atoms with E-state index in [2.05, 4.69) is 37.1 Å². The lowest BCUT2D eigenvalue weighted by atomic mass is 9.44. The first kappa shape index (κ1) is 27.1. The first-order valence-electron chi connectivity index (χ1n) is 14.1. The molecule has 3 fully saturated rings. The standard InChI is InChI=1S/C29H50N2O4/c1-18(7-10-26(35)30-13-6-14-31(4)5)21-8-9-22-27-23(17-25(34)29(21,22)3)28(2)12-11-20(32)15-19(28)16-24(27)33/h11-12,18-25,27,32-34H,6-10,13-17H2,1-5H3,(H,30,35)/t18-,19+,20-,21-,22+,23+,24-,25+,27+,28+,29-/m1/s1. The molecule has 6 heteroatoms. The number of nitrogens with zero attached hydrogens (tertiary/aromatic N) is 1. The molecule has 4 aliphatic rings. The van der Waals surface area contributed by atoms with E-state index in [1.54, 1.807) is 0 Å². The molecule has 4 aliphatic carbocycles. The Morgan fingerprint density at radius 2 is 1.86 bits per heavy atom. The molecule has 6 nitrogen and oxygen atoms in total. The van der Waals surface area contributed by atoms with Gasteiger partial charge in [0.25, 0.3) is 0 Å². The minimum absolute atomic E-state index is 0.0696. The van der Waals surface area contributed by atoms with E-state index in [0.29, 0.717) is 30.6 Å². The maximum absolute atomic E-state index is 12.4. The number of nitrogens with one attached hydrogen (secondary N) is 1. The zero-order valence-electron chi connectivity index (χ0n) is 22.6. The summed E-state index contributed by atoms with van der Waals surface area (Å²) in [5.41, 5.74) is -0.287. The summed E-state index contributed by atoms with van der Waals surface area (Å²) in [6.07, 6.45) is 9.60. The van der Waals surface area contributed by atoms with Gasteiger partial charge in [-0.25, -0.2) is 0 Å². The Morgan fingerprint density at radius 1 is 1.11 bits per heavy atom. The van der Waals surface area contributed by atoms with Crippen LogP contribution in [0.15, 0.2) is 12.2 Å². The minimum Gasteiger partial charge on any atom is -0.393 e. The van der Waals surface area contributed by atoms with Crippen molar-refractivity contribution in [1.82, 2.24) is 10.2 Å². The van der Waals surface area contributed by atoms with Crippen molar-refractivity contribution in [1.29, 1.82) is 0 Å². The number of rotatable bonds is 8. The number of carbonyl (C=O) groups excluding carboxylic acids is 1. The molecule has 3 saturated carbocycles. The lowest BCUT2D eigenvalue weighted by molar-refractivity contribution is -0.187. The van der Waals surface area contributed by atoms with Gasteiger partial charge in [0.1, 0.15) is 0 Å². The highest BCUT2D eigenvalue weighted by atomic mass is 16.3. The van der Waals surface area contributed by atoms with Crippen molar-refractivity contribution in [3.05, 3.63) is 12.2 Å². The van der Waals surface area contributed by atoms with Crippen LogP contribution < -0.4 is 5.32 Å². The first-order chi connectivity index (χ1) is 16.5. The van der Waals surface area contributed by atoms with Crippen molar-refractivity contribution in [2.24, 2.45) is 46.3 Å². The number of hydrogen-bond donors (Lipinski definition) is 4. The van der Waals surface area contributed by atoms with Gasteiger partial charge in [-0.15, -0.1) is 0 Å². The molecule has 4 N–H and O–H groups in total. The largest absolute Gasteiger partial charge is 0.393 e. The second kappa shape index (κ2) is 10.4. The predicted octanol–water partition coefficient (Wildman–Crippen LogP) is 3.21. The quantitative estimate of drug-likeness (QED) is 0.310. The lowest BCUT2D eigenvalue weighted by Gasteiger charge is -2.62. The summed E-state index contributed by atoms with van der Waals surface area (Å²) in [5, 5.41) is 36.3. The van der Waals surface area contributed by atoms with Gasteiger partial charge in [0.05, 0.1) is 18.3 Å². The van der Waals surface area contributed by atoms with Crippen molar-refractivity contribution in [3.63, 3.8) is 0 Å². The average molecular weight is 491 g/mol. The average Bonchev–Trinajstić information content (AvgIpc) is 3.15. The van der Waals surface area contributed by atoms with Crippen LogP contribution in [0.1, 0.15) is 72.1 Å². The maximum atomic E-state index is 12.4. The number of fused-ring (bicyclic) bond motifs is 5. The van der Waals surface area contributed by atoms with E-state index < -0.39 is 12.2 Å². The van der Waals surface area contributed by atoms with Crippen LogP contribution >= 0.6 is 0 Å². The number of aliphatic hydroxyl groups is 3. The minimum atomic E-state index is -0.419. The number of allylic oxidation sites excluding steroid dienone is 1. The molecular weight excluding hydrogens is 440 g/mol. The molecule has 35 heavy (non-hydrogen) atoms. The number of hydrogen-bond acceptors (Lipinski definition) is 5. The molecule has 0 saturated heterocycles. The van der Waals surface area contributed by atoms with Gasteiger partial charge in [-0.1, -0.05) is 32.9 Å². The number of aliphatic hydroxyl groups excluding tert-OH is 3. The Labute approximate surface area is 212 Å². The molecule has 0 bridgehead atoms. The molecule has 0 spiro atoms. The monoisotopic (exact) mass is 490 g/mol. The second-order valence-corrected chi connectivity index (χ2v) is 13.1. The van der Waals surface area contributed by atoms with Crippen LogP contribution in [-0.4, -0.2) is 71.6 Å². The van der Waals surface area contributed by atoms with Gasteiger partial charge in [-0.2, -0.15) is 0 Å². The fraction of sp³-hybridized carbons (Fsp3) is 0.897. The molecule has 4 rings (SSSR count). The first-order valence-corrected chi connectivity index (χ1v) is 14.1. The van der Waals surface area contributed by atoms with E-state index in [-0.39, 0.29) is 40.6 Å². The third-order valence-electron chi connectivity index (χ3n) is 11.0. The molecule has 0 aromatic carbocycles. The summed E-state index contributed by atoms with van der Waals surface area (Å²) in [6.45, 7) is 8.53. The van der Waals surface area contributed by atoms with Gasteiger partial charge in [-0.05, 0) is 112 Å². The van der Waals surface area contributed by atoms with Crippen LogP contribution in [0.4, 0.5) is 0 Å². The van der Waals surface area contributed by atoms with Gasteiger partial charge in [0.15, 0.2) is 0 Å². The number of amides is 1. The van der Waals surface area contributed by atoms with E-state index in [4.69, 9.17) is 0 Å². The second-order valence-electron chi connectivity index (χ2n) is 13.1. The smallest absolute Gasteiger partial charge is 0.220 e. The van der Waals surface area contributed by atoms with Gasteiger partial charge < -0.3 is 25.5 Å². The molecule has 0 aliphatic heterocycles. The predicted molar refractivity (Wildman–Crippen MR) is 138 cm³/mol. The maximum Gasteiger partial charge on any atom is 0.220 e. The Balaban J connectivity index is 1.42. The van der Waals surface area contributed by atoms with E-state index in [1.165, 1.54) is 0 Å². The summed E-state index contributed by atoms with van der Waals surface area (Å²) in [5.74, 6) is 1.87. The Hall–Kier alpha value is -0.950. The Kier molecular flexibility index (Phi) is 8.07. The highest BCUT2D eigenvalue weighted by Crippen LogP contribution is 2.67. The molecule has 0 radical (unpaired) electrons. The van der Waals surface area contributed by atoms with Crippen molar-refractivity contribution in [3.8, 4) is 0 Å². The fourth-order valence-electron chi connectivity index (χ4n) is 8.97. The molecule has 200 valence electrons. The zero-order valence-corrected chi connectivity index (χ0v) is 22.6. The highest BCUT2D eigenvalue weighted by Gasteiger charge is 2.65. The van der Waals surface area contributed by atoms with E-state index >= 15 is 0 Å². The van der Waals surface area contributed by atoms with Crippen LogP contribution in [0.5, 0.6) is 0 Å². The molecule has 0 aromatic heterocycles. The third-order valence-corrected chi connectivity index (χ3v) is 11.0. The summed E-state index contributed by atoms with van der Waals surface area (Å²) in [7, 11) is 4.09. The van der Waals surface area contributed by atoms with Crippen LogP contribution in [0.25, 0.3) is 0 Å². The van der Waals surface area contributed by atoms with E-state index in [9.17, 15) is 20.1 Å². The van der Waals surface area contributed by atoms with Gasteiger partial charge in [0, 0.05) is 13.0 Å². The highest BCUT2D eigenvalue weighted by molar-refractivity contribution is 5.75. The van der Waals surface area contributed by atoms with Gasteiger partial charge in [0.2, 0.25) is 5.91 Å². The lowest BCUT2D eigenvalue weighted by Crippen LogP contribution is -2.61. The van der Waals surface area contributed by atoms with E-state index in [1.807, 2.05) is 20.2 Å². The fourth-order valence-corrected chi connectivity index (χ4v) is 8.97. The van der Waals surface area contributed by atoms with Gasteiger partial charge in [-0.3, -0.25) is 4.79 Å². The van der Waals surface area contributed by atoms with Crippen molar-refractivity contribution in [2.75, 3.05) is 27.2 Å². The summed E-state index contributed by atoms with van der Waals surface area (Å²) in [6, 6.07) is 0. The Bertz CT molecular complexity index is 787. The number of carbonyl (C=O) groups is 1. The Morgan fingerprint density at radius 3 is 2.57 bits per heavy atom. The van der Waals surface area contributed by atoms with Gasteiger partial charge >= 0.3 is 0 Å². The SMILES string of the molecule is C[C@H](CCC(=O)NCCCN(C)C)[C@H]1CC[C@H]2[C@@H]3[C@H](O)C[C@@H]4C[C@H](O)C=C[C@]4(C)[C@H]3C[C@H](O)[C@]12C. The zero-order chi connectivity index (χ0) is 25.5. The van der Waals surface area contributed by atoms with Crippen LogP contribution in [-0.2, 0) is 4.79 Å². The van der Waals surface area contributed by atoms with Crippen molar-refractivity contribution < 1.29 is 20.1 Å². The van der Waals surface area contributed by atoms with Crippen LogP contribution in [0.3, 0.4) is 0 Å². The van der Waals surface area contributed by atoms with Crippen molar-refractivity contribution >= 4 is 5.91 Å². The third kappa shape index (κ3) is 4.97. The molecular formula is C29H50N2O4. The summed E-state index contributed by atoms with van der Waals surface area (Å²) >= 11 is 0. The molecule has 1 amide bonds. The van der Waals surface area contributed by atoms with E-state index in [0.717, 1.165) is 51.6 Å². The summed E-state index contributed by atoms with van der Waals surface area (Å²) in [4.78, 5) is 14.6. The normalized spacial score (nSPS) is 45.5. The molecule has 0 unspecified atom stereocenters. The van der Waals surface area contributed by atoms with Crippen LogP contribution in [0.2, 0.25) is 0 Å². The topological polar surface area (TPSA) is 93.0 Å². The van der Waals surface area contributed by atoms with Crippen LogP contribution in [0, 0.1) is 46.3 Å².